The standard InChI is InChI=1S/C15H23NO4S/c1-11-15(2,8-9-20-11)16-10-14(17)12-4-6-13(7-5-12)21(3,18)19/h4-7,11,14,16-17H,8-10H2,1-3H3. The Morgan fingerprint density at radius 3 is 2.52 bits per heavy atom. The van der Waals surface area contributed by atoms with Gasteiger partial charge in [-0.15, -0.1) is 0 Å². The molecule has 6 heteroatoms. The summed E-state index contributed by atoms with van der Waals surface area (Å²) in [6.07, 6.45) is 1.51. The highest BCUT2D eigenvalue weighted by molar-refractivity contribution is 7.90. The SMILES string of the molecule is CC1OCCC1(C)NCC(O)c1ccc(S(C)(=O)=O)cc1. The van der Waals surface area contributed by atoms with Gasteiger partial charge in [-0.25, -0.2) is 8.42 Å². The number of aliphatic hydroxyl groups is 1. The van der Waals surface area contributed by atoms with Crippen LogP contribution >= 0.6 is 0 Å². The second-order valence-corrected chi connectivity index (χ2v) is 7.93. The maximum Gasteiger partial charge on any atom is 0.175 e. The monoisotopic (exact) mass is 313 g/mol. The van der Waals surface area contributed by atoms with Gasteiger partial charge in [-0.2, -0.15) is 0 Å². The van der Waals surface area contributed by atoms with Gasteiger partial charge in [0.2, 0.25) is 0 Å². The molecule has 1 fully saturated rings. The second-order valence-electron chi connectivity index (χ2n) is 5.92. The molecule has 1 aromatic carbocycles. The minimum atomic E-state index is -3.20. The molecule has 3 atom stereocenters. The summed E-state index contributed by atoms with van der Waals surface area (Å²) < 4.78 is 28.4. The van der Waals surface area contributed by atoms with E-state index in [4.69, 9.17) is 4.74 Å². The summed E-state index contributed by atoms with van der Waals surface area (Å²) in [6.45, 7) is 5.24. The molecule has 2 rings (SSSR count). The first-order valence-electron chi connectivity index (χ1n) is 7.07. The number of hydrogen-bond acceptors (Lipinski definition) is 5. The number of aliphatic hydroxyl groups excluding tert-OH is 1. The normalized spacial score (nSPS) is 27.7. The highest BCUT2D eigenvalue weighted by Crippen LogP contribution is 2.26. The van der Waals surface area contributed by atoms with Crippen molar-refractivity contribution in [3.05, 3.63) is 29.8 Å². The molecule has 118 valence electrons. The van der Waals surface area contributed by atoms with E-state index < -0.39 is 15.9 Å². The van der Waals surface area contributed by atoms with Crippen molar-refractivity contribution in [2.75, 3.05) is 19.4 Å². The lowest BCUT2D eigenvalue weighted by atomic mass is 9.94. The van der Waals surface area contributed by atoms with Crippen molar-refractivity contribution in [2.24, 2.45) is 0 Å². The van der Waals surface area contributed by atoms with Gasteiger partial charge < -0.3 is 15.2 Å². The van der Waals surface area contributed by atoms with Crippen molar-refractivity contribution in [3.8, 4) is 0 Å². The molecule has 1 aliphatic heterocycles. The van der Waals surface area contributed by atoms with Crippen LogP contribution in [0.1, 0.15) is 31.9 Å². The third-order valence-electron chi connectivity index (χ3n) is 4.28. The Balaban J connectivity index is 1.99. The Hall–Kier alpha value is -0.950. The van der Waals surface area contributed by atoms with Gasteiger partial charge in [-0.3, -0.25) is 0 Å². The van der Waals surface area contributed by atoms with Gasteiger partial charge in [-0.05, 0) is 38.0 Å². The summed E-state index contributed by atoms with van der Waals surface area (Å²) in [7, 11) is -3.20. The van der Waals surface area contributed by atoms with Crippen LogP contribution in [0.5, 0.6) is 0 Å². The molecule has 0 bridgehead atoms. The van der Waals surface area contributed by atoms with Crippen LogP contribution in [0.4, 0.5) is 0 Å². The first-order valence-corrected chi connectivity index (χ1v) is 8.96. The van der Waals surface area contributed by atoms with Crippen LogP contribution in [0.2, 0.25) is 0 Å². The van der Waals surface area contributed by atoms with Gasteiger partial charge in [0, 0.05) is 24.9 Å². The van der Waals surface area contributed by atoms with E-state index in [9.17, 15) is 13.5 Å². The Labute approximate surface area is 126 Å². The molecule has 2 N–H and O–H groups in total. The number of rotatable bonds is 5. The van der Waals surface area contributed by atoms with Gasteiger partial charge in [0.25, 0.3) is 0 Å². The fourth-order valence-corrected chi connectivity index (χ4v) is 3.08. The molecular formula is C15H23NO4S. The van der Waals surface area contributed by atoms with Crippen LogP contribution in [-0.4, -0.2) is 44.6 Å². The predicted molar refractivity (Wildman–Crippen MR) is 81.0 cm³/mol. The molecule has 21 heavy (non-hydrogen) atoms. The largest absolute Gasteiger partial charge is 0.387 e. The lowest BCUT2D eigenvalue weighted by Gasteiger charge is -2.30. The third-order valence-corrected chi connectivity index (χ3v) is 5.41. The molecule has 0 amide bonds. The fraction of sp³-hybridized carbons (Fsp3) is 0.600. The molecule has 0 aliphatic carbocycles. The smallest absolute Gasteiger partial charge is 0.175 e. The molecule has 1 saturated heterocycles. The summed E-state index contributed by atoms with van der Waals surface area (Å²) in [5, 5.41) is 13.6. The van der Waals surface area contributed by atoms with E-state index in [1.54, 1.807) is 12.1 Å². The van der Waals surface area contributed by atoms with Gasteiger partial charge in [0.1, 0.15) is 0 Å². The Bertz CT molecular complexity index is 584. The molecule has 0 spiro atoms. The summed E-state index contributed by atoms with van der Waals surface area (Å²) in [6, 6.07) is 6.35. The average molecular weight is 313 g/mol. The van der Waals surface area contributed by atoms with Gasteiger partial charge in [-0.1, -0.05) is 12.1 Å². The number of ether oxygens (including phenoxy) is 1. The second kappa shape index (κ2) is 6.04. The van der Waals surface area contributed by atoms with Gasteiger partial charge >= 0.3 is 0 Å². The van der Waals surface area contributed by atoms with Crippen LogP contribution in [0.25, 0.3) is 0 Å². The zero-order chi connectivity index (χ0) is 15.7. The molecule has 0 saturated carbocycles. The first kappa shape index (κ1) is 16.4. The first-order chi connectivity index (χ1) is 9.72. The zero-order valence-electron chi connectivity index (χ0n) is 12.7. The van der Waals surface area contributed by atoms with Crippen molar-refractivity contribution in [3.63, 3.8) is 0 Å². The Kier molecular flexibility index (Phi) is 4.72. The quantitative estimate of drug-likeness (QED) is 0.856. The van der Waals surface area contributed by atoms with Crippen LogP contribution in [0.3, 0.4) is 0 Å². The van der Waals surface area contributed by atoms with E-state index in [1.807, 2.05) is 6.92 Å². The Morgan fingerprint density at radius 1 is 1.43 bits per heavy atom. The fourth-order valence-electron chi connectivity index (χ4n) is 2.45. The van der Waals surface area contributed by atoms with Crippen molar-refractivity contribution in [1.82, 2.24) is 5.32 Å². The summed E-state index contributed by atoms with van der Waals surface area (Å²) in [5.41, 5.74) is 0.568. The highest BCUT2D eigenvalue weighted by atomic mass is 32.2. The maximum atomic E-state index is 11.4. The molecular weight excluding hydrogens is 290 g/mol. The number of hydrogen-bond donors (Lipinski definition) is 2. The van der Waals surface area contributed by atoms with Crippen LogP contribution < -0.4 is 5.32 Å². The van der Waals surface area contributed by atoms with Crippen LogP contribution in [0.15, 0.2) is 29.2 Å². The summed E-state index contributed by atoms with van der Waals surface area (Å²) in [5.74, 6) is 0. The molecule has 3 unspecified atom stereocenters. The van der Waals surface area contributed by atoms with Crippen molar-refractivity contribution >= 4 is 9.84 Å². The van der Waals surface area contributed by atoms with E-state index in [0.717, 1.165) is 13.0 Å². The number of benzene rings is 1. The lowest BCUT2D eigenvalue weighted by Crippen LogP contribution is -2.49. The summed E-state index contributed by atoms with van der Waals surface area (Å²) >= 11 is 0. The van der Waals surface area contributed by atoms with E-state index in [1.165, 1.54) is 18.4 Å². The topological polar surface area (TPSA) is 75.6 Å². The molecule has 1 aliphatic rings. The lowest BCUT2D eigenvalue weighted by molar-refractivity contribution is 0.0800. The maximum absolute atomic E-state index is 11.4. The van der Waals surface area contributed by atoms with E-state index in [0.29, 0.717) is 12.1 Å². The summed E-state index contributed by atoms with van der Waals surface area (Å²) in [4.78, 5) is 0.260. The molecule has 1 heterocycles. The Morgan fingerprint density at radius 2 is 2.05 bits per heavy atom. The third kappa shape index (κ3) is 3.83. The highest BCUT2D eigenvalue weighted by Gasteiger charge is 2.36. The van der Waals surface area contributed by atoms with Crippen LogP contribution in [0, 0.1) is 0 Å². The van der Waals surface area contributed by atoms with Crippen molar-refractivity contribution in [2.45, 2.75) is 42.9 Å². The van der Waals surface area contributed by atoms with Gasteiger partial charge in [0.15, 0.2) is 9.84 Å². The molecule has 0 radical (unpaired) electrons. The van der Waals surface area contributed by atoms with E-state index in [-0.39, 0.29) is 16.5 Å². The number of nitrogens with one attached hydrogen (secondary N) is 1. The number of sulfone groups is 1. The minimum Gasteiger partial charge on any atom is -0.387 e. The molecule has 0 aromatic heterocycles. The number of β-amino-alcohol motifs (C(OH)–C–C–N with tert-alkyl or cyclic N) is 1. The van der Waals surface area contributed by atoms with E-state index >= 15 is 0 Å². The average Bonchev–Trinajstić information content (AvgIpc) is 2.76. The molecule has 5 nitrogen and oxygen atoms in total. The van der Waals surface area contributed by atoms with E-state index in [2.05, 4.69) is 12.2 Å². The zero-order valence-corrected chi connectivity index (χ0v) is 13.5. The van der Waals surface area contributed by atoms with Gasteiger partial charge in [0.05, 0.1) is 17.1 Å². The van der Waals surface area contributed by atoms with Crippen molar-refractivity contribution < 1.29 is 18.3 Å². The van der Waals surface area contributed by atoms with Crippen molar-refractivity contribution in [1.29, 1.82) is 0 Å². The predicted octanol–water partition coefficient (Wildman–Crippen LogP) is 1.28. The molecule has 1 aromatic rings. The van der Waals surface area contributed by atoms with Crippen LogP contribution in [-0.2, 0) is 14.6 Å². The minimum absolute atomic E-state index is 0.109.